The number of benzene rings is 3. The molecule has 0 N–H and O–H groups in total. The van der Waals surface area contributed by atoms with Crippen LogP contribution < -0.4 is 0 Å². The van der Waals surface area contributed by atoms with Crippen LogP contribution in [0.4, 0.5) is 0 Å². The maximum Gasteiger partial charge on any atom is 0.335 e. The normalized spacial score (nSPS) is 12.9. The van der Waals surface area contributed by atoms with E-state index < -0.39 is 15.2 Å². The van der Waals surface area contributed by atoms with E-state index in [0.29, 0.717) is 0 Å². The summed E-state index contributed by atoms with van der Waals surface area (Å²) in [6.07, 6.45) is 0.170. The number of hydrogen-bond acceptors (Lipinski definition) is 6. The Morgan fingerprint density at radius 3 is 1.32 bits per heavy atom. The quantitative estimate of drug-likeness (QED) is 0.183. The second-order valence-electron chi connectivity index (χ2n) is 8.08. The van der Waals surface area contributed by atoms with Crippen LogP contribution in [0, 0.1) is 0 Å². The summed E-state index contributed by atoms with van der Waals surface area (Å²) in [5, 5.41) is 2.36. The van der Waals surface area contributed by atoms with E-state index in [2.05, 4.69) is 24.3 Å². The molecule has 0 bridgehead atoms. The molecule has 3 aromatic rings. The van der Waals surface area contributed by atoms with Crippen molar-refractivity contribution < 1.29 is 27.2 Å². The maximum absolute atomic E-state index is 13.5. The highest BCUT2D eigenvalue weighted by atomic mass is 31.2. The SMILES string of the molecule is CCOP(=O)(Cc1cc2c(cc1CP(=O)(OCC)OCC)-c1cccc3cccc-2c13)OCC. The van der Waals surface area contributed by atoms with E-state index in [1.165, 1.54) is 5.39 Å². The van der Waals surface area contributed by atoms with E-state index >= 15 is 0 Å². The largest absolute Gasteiger partial charge is 0.335 e. The van der Waals surface area contributed by atoms with Gasteiger partial charge in [0.15, 0.2) is 0 Å². The molecule has 1 aliphatic carbocycles. The fourth-order valence-electron chi connectivity index (χ4n) is 4.68. The van der Waals surface area contributed by atoms with E-state index in [9.17, 15) is 9.13 Å². The zero-order valence-corrected chi connectivity index (χ0v) is 22.0. The highest BCUT2D eigenvalue weighted by Gasteiger charge is 2.32. The van der Waals surface area contributed by atoms with Gasteiger partial charge in [-0.15, -0.1) is 0 Å². The molecule has 1 aliphatic rings. The Morgan fingerprint density at radius 2 is 0.971 bits per heavy atom. The minimum Gasteiger partial charge on any atom is -0.309 e. The van der Waals surface area contributed by atoms with Crippen molar-refractivity contribution in [1.29, 1.82) is 0 Å². The Kier molecular flexibility index (Phi) is 7.79. The van der Waals surface area contributed by atoms with Crippen LogP contribution in [-0.4, -0.2) is 26.4 Å². The molecule has 34 heavy (non-hydrogen) atoms. The summed E-state index contributed by atoms with van der Waals surface area (Å²) in [5.41, 5.74) is 5.94. The lowest BCUT2D eigenvalue weighted by Crippen LogP contribution is -2.05. The molecule has 3 aromatic carbocycles. The zero-order valence-electron chi connectivity index (χ0n) is 20.2. The van der Waals surface area contributed by atoms with Gasteiger partial charge in [0.25, 0.3) is 0 Å². The van der Waals surface area contributed by atoms with Crippen molar-refractivity contribution >= 4 is 26.0 Å². The van der Waals surface area contributed by atoms with Gasteiger partial charge in [-0.25, -0.2) is 0 Å². The van der Waals surface area contributed by atoms with Crippen LogP contribution in [0.1, 0.15) is 38.8 Å². The first-order chi connectivity index (χ1) is 16.4. The third-order valence-corrected chi connectivity index (χ3v) is 9.92. The Labute approximate surface area is 201 Å². The van der Waals surface area contributed by atoms with Crippen LogP contribution in [0.5, 0.6) is 0 Å². The van der Waals surface area contributed by atoms with Crippen molar-refractivity contribution in [2.24, 2.45) is 0 Å². The van der Waals surface area contributed by atoms with E-state index in [0.717, 1.165) is 38.8 Å². The van der Waals surface area contributed by atoms with Crippen LogP contribution in [0.2, 0.25) is 0 Å². The lowest BCUT2D eigenvalue weighted by Gasteiger charge is -2.22. The molecule has 0 unspecified atom stereocenters. The Morgan fingerprint density at radius 1 is 0.588 bits per heavy atom. The van der Waals surface area contributed by atoms with Crippen molar-refractivity contribution in [3.63, 3.8) is 0 Å². The molecule has 0 fully saturated rings. The average molecular weight is 502 g/mol. The molecule has 4 rings (SSSR count). The minimum absolute atomic E-state index is 0.0852. The third-order valence-electron chi connectivity index (χ3n) is 5.86. The van der Waals surface area contributed by atoms with Crippen molar-refractivity contribution in [2.75, 3.05) is 26.4 Å². The summed E-state index contributed by atoms with van der Waals surface area (Å²) in [6, 6.07) is 16.6. The van der Waals surface area contributed by atoms with E-state index in [4.69, 9.17) is 18.1 Å². The van der Waals surface area contributed by atoms with Gasteiger partial charge in [-0.05, 0) is 84.0 Å². The molecule has 0 spiro atoms. The number of hydrogen-bond donors (Lipinski definition) is 0. The Hall–Kier alpha value is -1.78. The molecule has 182 valence electrons. The summed E-state index contributed by atoms with van der Waals surface area (Å²) in [6.45, 7) is 8.29. The maximum atomic E-state index is 13.5. The first-order valence-electron chi connectivity index (χ1n) is 11.8. The molecule has 0 aliphatic heterocycles. The smallest absolute Gasteiger partial charge is 0.309 e. The van der Waals surface area contributed by atoms with Crippen LogP contribution in [-0.2, 0) is 39.5 Å². The van der Waals surface area contributed by atoms with E-state index in [-0.39, 0.29) is 38.8 Å². The molecule has 0 saturated heterocycles. The van der Waals surface area contributed by atoms with E-state index in [1.807, 2.05) is 24.3 Å². The van der Waals surface area contributed by atoms with Crippen LogP contribution in [0.25, 0.3) is 33.0 Å². The molecular formula is C26H32O6P2. The van der Waals surface area contributed by atoms with Gasteiger partial charge in [0.05, 0.1) is 38.8 Å². The summed E-state index contributed by atoms with van der Waals surface area (Å²) in [4.78, 5) is 0. The van der Waals surface area contributed by atoms with Crippen LogP contribution in [0.3, 0.4) is 0 Å². The molecule has 0 saturated carbocycles. The standard InChI is InChI=1S/C26H32O6P2/c1-5-29-33(27,30-6-2)17-20-15-24-22-13-9-11-19-12-10-14-23(26(19)22)25(24)16-21(20)18-34(28,31-7-3)32-8-4/h9-16H,5-8,17-18H2,1-4H3. The summed E-state index contributed by atoms with van der Waals surface area (Å²) >= 11 is 0. The highest BCUT2D eigenvalue weighted by molar-refractivity contribution is 7.53. The molecule has 6 nitrogen and oxygen atoms in total. The Balaban J connectivity index is 1.89. The van der Waals surface area contributed by atoms with Gasteiger partial charge in [0.1, 0.15) is 0 Å². The number of rotatable bonds is 12. The summed E-state index contributed by atoms with van der Waals surface area (Å²) in [5.74, 6) is 0. The van der Waals surface area contributed by atoms with Gasteiger partial charge in [-0.2, -0.15) is 0 Å². The Bertz CT molecular complexity index is 1170. The first-order valence-corrected chi connectivity index (χ1v) is 15.3. The lowest BCUT2D eigenvalue weighted by molar-refractivity contribution is 0.217. The van der Waals surface area contributed by atoms with Crippen molar-refractivity contribution in [3.8, 4) is 22.3 Å². The molecule has 0 atom stereocenters. The molecule has 0 aromatic heterocycles. The summed E-state index contributed by atoms with van der Waals surface area (Å²) < 4.78 is 49.3. The van der Waals surface area contributed by atoms with Crippen molar-refractivity contribution in [1.82, 2.24) is 0 Å². The third kappa shape index (κ3) is 4.95. The van der Waals surface area contributed by atoms with Gasteiger partial charge < -0.3 is 18.1 Å². The average Bonchev–Trinajstić information content (AvgIpc) is 3.09. The lowest BCUT2D eigenvalue weighted by atomic mass is 9.98. The highest BCUT2D eigenvalue weighted by Crippen LogP contribution is 2.57. The summed E-state index contributed by atoms with van der Waals surface area (Å²) in [7, 11) is -6.78. The van der Waals surface area contributed by atoms with Crippen LogP contribution in [0.15, 0.2) is 48.5 Å². The van der Waals surface area contributed by atoms with Gasteiger partial charge in [0, 0.05) is 0 Å². The van der Waals surface area contributed by atoms with Crippen molar-refractivity contribution in [2.45, 2.75) is 40.0 Å². The second-order valence-corrected chi connectivity index (χ2v) is 12.2. The molecule has 0 amide bonds. The van der Waals surface area contributed by atoms with Gasteiger partial charge in [-0.3, -0.25) is 9.13 Å². The predicted octanol–water partition coefficient (Wildman–Crippen LogP) is 8.02. The first kappa shape index (κ1) is 25.3. The van der Waals surface area contributed by atoms with Gasteiger partial charge in [0.2, 0.25) is 0 Å². The zero-order chi connectivity index (χ0) is 24.3. The molecule has 0 radical (unpaired) electrons. The van der Waals surface area contributed by atoms with Gasteiger partial charge in [-0.1, -0.05) is 36.4 Å². The molecular weight excluding hydrogens is 470 g/mol. The topological polar surface area (TPSA) is 71.1 Å². The molecule has 8 heteroatoms. The van der Waals surface area contributed by atoms with Crippen molar-refractivity contribution in [3.05, 3.63) is 59.7 Å². The monoisotopic (exact) mass is 502 g/mol. The second kappa shape index (κ2) is 10.5. The fourth-order valence-corrected chi connectivity index (χ4v) is 8.19. The molecule has 0 heterocycles. The minimum atomic E-state index is -3.39. The predicted molar refractivity (Wildman–Crippen MR) is 138 cm³/mol. The fraction of sp³-hybridized carbons (Fsp3) is 0.385. The number of fused-ring (bicyclic) bond motifs is 3. The van der Waals surface area contributed by atoms with Crippen LogP contribution >= 0.6 is 15.2 Å². The van der Waals surface area contributed by atoms with Gasteiger partial charge >= 0.3 is 15.2 Å². The van der Waals surface area contributed by atoms with E-state index in [1.54, 1.807) is 27.7 Å².